The zero-order valence-electron chi connectivity index (χ0n) is 15.2. The largest absolute Gasteiger partial charge is 0.357 e. The van der Waals surface area contributed by atoms with Crippen LogP contribution in [-0.4, -0.2) is 57.2 Å². The Labute approximate surface area is 154 Å². The normalized spacial score (nSPS) is 21.5. The molecule has 1 aromatic rings. The number of halogens is 1. The Kier molecular flexibility index (Phi) is 5.82. The first-order valence-electron chi connectivity index (χ1n) is 9.21. The molecule has 1 saturated carbocycles. The molecule has 0 spiro atoms. The van der Waals surface area contributed by atoms with Gasteiger partial charge in [0.05, 0.1) is 12.3 Å². The van der Waals surface area contributed by atoms with Gasteiger partial charge >= 0.3 is 0 Å². The van der Waals surface area contributed by atoms with Crippen LogP contribution in [0.3, 0.4) is 0 Å². The summed E-state index contributed by atoms with van der Waals surface area (Å²) in [5.41, 5.74) is 0.934. The Hall–Kier alpha value is -1.67. The van der Waals surface area contributed by atoms with E-state index in [1.165, 1.54) is 10.4 Å². The molecule has 2 fully saturated rings. The molecule has 0 amide bonds. The first-order valence-corrected chi connectivity index (χ1v) is 10.8. The van der Waals surface area contributed by atoms with E-state index in [4.69, 9.17) is 0 Å². The highest BCUT2D eigenvalue weighted by Crippen LogP contribution is 2.48. The van der Waals surface area contributed by atoms with Gasteiger partial charge in [0, 0.05) is 31.6 Å². The van der Waals surface area contributed by atoms with Crippen molar-refractivity contribution in [2.75, 3.05) is 38.5 Å². The quantitative estimate of drug-likeness (QED) is 0.553. The van der Waals surface area contributed by atoms with Gasteiger partial charge in [0.15, 0.2) is 5.96 Å². The fourth-order valence-electron chi connectivity index (χ4n) is 3.32. The number of nitrogens with zero attached hydrogens (tertiary/aromatic N) is 2. The summed E-state index contributed by atoms with van der Waals surface area (Å²) in [6.07, 6.45) is 2.71. The maximum Gasteiger partial charge on any atom is 0.214 e. The van der Waals surface area contributed by atoms with Crippen LogP contribution >= 0.6 is 0 Å². The van der Waals surface area contributed by atoms with Gasteiger partial charge in [-0.3, -0.25) is 4.99 Å². The molecule has 1 aliphatic heterocycles. The topological polar surface area (TPSA) is 73.8 Å². The maximum atomic E-state index is 13.5. The number of nitrogens with one attached hydrogen (secondary N) is 2. The molecule has 6 nitrogen and oxygen atoms in total. The number of rotatable bonds is 7. The highest BCUT2D eigenvalue weighted by Gasteiger charge is 2.44. The average molecular weight is 383 g/mol. The number of benzene rings is 1. The zero-order chi connectivity index (χ0) is 18.6. The van der Waals surface area contributed by atoms with Crippen LogP contribution in [0.5, 0.6) is 0 Å². The minimum Gasteiger partial charge on any atom is -0.357 e. The molecule has 2 aliphatic rings. The van der Waals surface area contributed by atoms with Gasteiger partial charge in [0.25, 0.3) is 0 Å². The van der Waals surface area contributed by atoms with Crippen molar-refractivity contribution < 1.29 is 12.8 Å². The van der Waals surface area contributed by atoms with Gasteiger partial charge in [-0.1, -0.05) is 12.1 Å². The minimum atomic E-state index is -3.07. The highest BCUT2D eigenvalue weighted by atomic mass is 32.2. The summed E-state index contributed by atoms with van der Waals surface area (Å²) in [6.45, 7) is 4.86. The molecule has 1 heterocycles. The lowest BCUT2D eigenvalue weighted by molar-refractivity contribution is 0.445. The van der Waals surface area contributed by atoms with Gasteiger partial charge in [0.2, 0.25) is 10.0 Å². The molecule has 0 atom stereocenters. The third-order valence-electron chi connectivity index (χ3n) is 5.03. The predicted octanol–water partition coefficient (Wildman–Crippen LogP) is 1.45. The second-order valence-corrected chi connectivity index (χ2v) is 9.07. The summed E-state index contributed by atoms with van der Waals surface area (Å²) >= 11 is 0. The van der Waals surface area contributed by atoms with E-state index in [1.54, 1.807) is 12.1 Å². The Morgan fingerprint density at radius 2 is 2.15 bits per heavy atom. The van der Waals surface area contributed by atoms with E-state index in [-0.39, 0.29) is 17.0 Å². The molecule has 0 unspecified atom stereocenters. The van der Waals surface area contributed by atoms with Crippen molar-refractivity contribution in [3.05, 3.63) is 35.6 Å². The monoisotopic (exact) mass is 382 g/mol. The van der Waals surface area contributed by atoms with Crippen molar-refractivity contribution in [3.63, 3.8) is 0 Å². The van der Waals surface area contributed by atoms with Gasteiger partial charge < -0.3 is 10.6 Å². The lowest BCUT2D eigenvalue weighted by Crippen LogP contribution is -2.42. The molecule has 1 saturated heterocycles. The van der Waals surface area contributed by atoms with Crippen LogP contribution in [0.2, 0.25) is 0 Å². The lowest BCUT2D eigenvalue weighted by Gasteiger charge is -2.18. The van der Waals surface area contributed by atoms with Gasteiger partial charge in [-0.25, -0.2) is 17.1 Å². The second-order valence-electron chi connectivity index (χ2n) is 6.98. The van der Waals surface area contributed by atoms with Crippen molar-refractivity contribution in [1.29, 1.82) is 0 Å². The first-order chi connectivity index (χ1) is 12.5. The summed E-state index contributed by atoms with van der Waals surface area (Å²) in [4.78, 5) is 4.66. The van der Waals surface area contributed by atoms with E-state index in [0.29, 0.717) is 38.6 Å². The fourth-order valence-corrected chi connectivity index (χ4v) is 4.85. The van der Waals surface area contributed by atoms with Crippen molar-refractivity contribution in [1.82, 2.24) is 14.9 Å². The molecule has 0 bridgehead atoms. The van der Waals surface area contributed by atoms with Crippen LogP contribution in [0.1, 0.15) is 31.7 Å². The molecule has 2 N–H and O–H groups in total. The van der Waals surface area contributed by atoms with Crippen LogP contribution in [0, 0.1) is 5.82 Å². The molecular weight excluding hydrogens is 355 g/mol. The van der Waals surface area contributed by atoms with Gasteiger partial charge in [-0.2, -0.15) is 0 Å². The van der Waals surface area contributed by atoms with Crippen molar-refractivity contribution in [3.8, 4) is 0 Å². The summed E-state index contributed by atoms with van der Waals surface area (Å²) in [7, 11) is -3.07. The first kappa shape index (κ1) is 19.1. The molecule has 3 rings (SSSR count). The van der Waals surface area contributed by atoms with E-state index in [1.807, 2.05) is 13.0 Å². The standard InChI is InChI=1S/C18H27FN4O2S/c1-2-20-17(21-9-11-23-10-4-12-26(23,24)25)22-14-18(7-8-18)15-5-3-6-16(19)13-15/h3,5-6,13H,2,4,7-12,14H2,1H3,(H2,20,21,22). The van der Waals surface area contributed by atoms with Crippen LogP contribution in [0.25, 0.3) is 0 Å². The van der Waals surface area contributed by atoms with E-state index < -0.39 is 10.0 Å². The van der Waals surface area contributed by atoms with Gasteiger partial charge in [-0.05, 0) is 43.9 Å². The Morgan fingerprint density at radius 3 is 2.77 bits per heavy atom. The average Bonchev–Trinajstić information content (AvgIpc) is 3.32. The highest BCUT2D eigenvalue weighted by molar-refractivity contribution is 7.89. The van der Waals surface area contributed by atoms with Crippen LogP contribution in [0.4, 0.5) is 4.39 Å². The fraction of sp³-hybridized carbons (Fsp3) is 0.611. The Bertz CT molecular complexity index is 762. The van der Waals surface area contributed by atoms with Crippen LogP contribution in [0.15, 0.2) is 29.3 Å². The molecule has 0 aromatic heterocycles. The Balaban J connectivity index is 1.57. The molecular formula is C18H27FN4O2S. The number of aliphatic imine (C=N–C) groups is 1. The van der Waals surface area contributed by atoms with E-state index >= 15 is 0 Å². The molecule has 1 aromatic carbocycles. The number of hydrogen-bond acceptors (Lipinski definition) is 3. The van der Waals surface area contributed by atoms with Gasteiger partial charge in [0.1, 0.15) is 5.82 Å². The molecule has 144 valence electrons. The predicted molar refractivity (Wildman–Crippen MR) is 101 cm³/mol. The minimum absolute atomic E-state index is 0.0667. The third kappa shape index (κ3) is 4.54. The van der Waals surface area contributed by atoms with Crippen LogP contribution in [-0.2, 0) is 15.4 Å². The van der Waals surface area contributed by atoms with E-state index in [0.717, 1.165) is 24.9 Å². The van der Waals surface area contributed by atoms with Crippen molar-refractivity contribution in [2.45, 2.75) is 31.6 Å². The van der Waals surface area contributed by atoms with Crippen molar-refractivity contribution in [2.24, 2.45) is 4.99 Å². The summed E-state index contributed by atoms with van der Waals surface area (Å²) < 4.78 is 38.7. The number of sulfonamides is 1. The smallest absolute Gasteiger partial charge is 0.214 e. The number of guanidine groups is 1. The molecule has 8 heteroatoms. The summed E-state index contributed by atoms with van der Waals surface area (Å²) in [5.74, 6) is 0.707. The maximum absolute atomic E-state index is 13.5. The SMILES string of the molecule is CCNC(=NCC1(c2cccc(F)c2)CC1)NCCN1CCCS1(=O)=O. The second kappa shape index (κ2) is 7.92. The summed E-state index contributed by atoms with van der Waals surface area (Å²) in [5, 5.41) is 6.40. The molecule has 0 radical (unpaired) electrons. The third-order valence-corrected chi connectivity index (χ3v) is 6.99. The van der Waals surface area contributed by atoms with Crippen LogP contribution < -0.4 is 10.6 Å². The van der Waals surface area contributed by atoms with E-state index in [2.05, 4.69) is 15.6 Å². The van der Waals surface area contributed by atoms with Crippen molar-refractivity contribution >= 4 is 16.0 Å². The van der Waals surface area contributed by atoms with Gasteiger partial charge in [-0.15, -0.1) is 0 Å². The zero-order valence-corrected chi connectivity index (χ0v) is 16.0. The summed E-state index contributed by atoms with van der Waals surface area (Å²) in [6, 6.07) is 6.76. The molecule has 1 aliphatic carbocycles. The molecule has 26 heavy (non-hydrogen) atoms. The van der Waals surface area contributed by atoms with E-state index in [9.17, 15) is 12.8 Å². The Morgan fingerprint density at radius 1 is 1.35 bits per heavy atom. The lowest BCUT2D eigenvalue weighted by atomic mass is 9.96. The number of hydrogen-bond donors (Lipinski definition) is 2.